The van der Waals surface area contributed by atoms with Gasteiger partial charge < -0.3 is 19.5 Å². The highest BCUT2D eigenvalue weighted by Crippen LogP contribution is 2.42. The van der Waals surface area contributed by atoms with E-state index in [0.29, 0.717) is 10.2 Å². The fourth-order valence-corrected chi connectivity index (χ4v) is 3.72. The average molecular weight is 500 g/mol. The second-order valence-electron chi connectivity index (χ2n) is 7.99. The average Bonchev–Trinajstić information content (AvgIpc) is 3.28. The number of nitrogens with one attached hydrogen (secondary N) is 1. The van der Waals surface area contributed by atoms with Gasteiger partial charge in [-0.05, 0) is 55.3 Å². The van der Waals surface area contributed by atoms with Gasteiger partial charge in [0.1, 0.15) is 5.56 Å². The molecule has 0 unspecified atom stereocenters. The zero-order valence-corrected chi connectivity index (χ0v) is 20.1. The number of rotatable bonds is 6. The monoisotopic (exact) mass is 500 g/mol. The summed E-state index contributed by atoms with van der Waals surface area (Å²) in [5.41, 5.74) is 1.23. The molecular weight excluding hydrogens is 477 g/mol. The predicted octanol–water partition coefficient (Wildman–Crippen LogP) is 5.31. The van der Waals surface area contributed by atoms with Crippen LogP contribution >= 0.6 is 0 Å². The van der Waals surface area contributed by atoms with E-state index < -0.39 is 17.8 Å². The largest absolute Gasteiger partial charge is 0.493 e. The lowest BCUT2D eigenvalue weighted by Gasteiger charge is -2.15. The molecule has 4 aromatic rings. The van der Waals surface area contributed by atoms with Crippen molar-refractivity contribution in [3.8, 4) is 28.5 Å². The summed E-state index contributed by atoms with van der Waals surface area (Å²) in [5, 5.41) is 6.52. The Hall–Kier alpha value is -4.28. The third kappa shape index (κ3) is 4.51. The van der Waals surface area contributed by atoms with E-state index in [1.54, 1.807) is 12.1 Å². The van der Waals surface area contributed by atoms with Crippen LogP contribution < -0.4 is 19.5 Å². The molecule has 2 aromatic carbocycles. The van der Waals surface area contributed by atoms with Gasteiger partial charge in [-0.1, -0.05) is 6.07 Å². The van der Waals surface area contributed by atoms with Crippen molar-refractivity contribution in [2.24, 2.45) is 0 Å². The van der Waals surface area contributed by atoms with Crippen molar-refractivity contribution in [3.63, 3.8) is 0 Å². The number of carbonyl (C=O) groups is 1. The lowest BCUT2D eigenvalue weighted by Crippen LogP contribution is -2.16. The van der Waals surface area contributed by atoms with Crippen molar-refractivity contribution < 1.29 is 32.2 Å². The molecule has 0 aliphatic rings. The summed E-state index contributed by atoms with van der Waals surface area (Å²) in [4.78, 5) is 17.4. The fraction of sp³-hybridized carbons (Fsp3) is 0.240. The van der Waals surface area contributed by atoms with Gasteiger partial charge in [-0.25, -0.2) is 9.50 Å². The summed E-state index contributed by atoms with van der Waals surface area (Å²) in [6, 6.07) is 9.13. The molecule has 0 saturated heterocycles. The standard InChI is InChI=1S/C25H23F3N4O4/c1-13-6-7-16(8-14(13)2)30-24(33)17-12-29-32-21(25(26,27)28)11-18(31-23(17)32)15-9-19(34-3)22(36-5)20(10-15)35-4/h6-12H,1-5H3,(H,30,33). The Labute approximate surface area is 204 Å². The Kier molecular flexibility index (Phi) is 6.49. The molecule has 8 nitrogen and oxygen atoms in total. The summed E-state index contributed by atoms with van der Waals surface area (Å²) in [5.74, 6) is 0.112. The molecule has 0 spiro atoms. The van der Waals surface area contributed by atoms with Crippen LogP contribution in [0.3, 0.4) is 0 Å². The van der Waals surface area contributed by atoms with E-state index in [-0.39, 0.29) is 39.7 Å². The lowest BCUT2D eigenvalue weighted by molar-refractivity contribution is -0.142. The van der Waals surface area contributed by atoms with E-state index >= 15 is 0 Å². The van der Waals surface area contributed by atoms with Gasteiger partial charge >= 0.3 is 6.18 Å². The number of hydrogen-bond donors (Lipinski definition) is 1. The van der Waals surface area contributed by atoms with Crippen LogP contribution in [0, 0.1) is 13.8 Å². The van der Waals surface area contributed by atoms with Crippen LogP contribution in [-0.4, -0.2) is 41.8 Å². The normalized spacial score (nSPS) is 11.4. The van der Waals surface area contributed by atoms with Crippen LogP contribution in [0.5, 0.6) is 17.2 Å². The molecule has 1 amide bonds. The number of halogens is 3. The van der Waals surface area contributed by atoms with Gasteiger partial charge in [0.05, 0.1) is 33.2 Å². The molecule has 0 bridgehead atoms. The minimum Gasteiger partial charge on any atom is -0.493 e. The SMILES string of the molecule is COc1cc(-c2cc(C(F)(F)F)n3ncc(C(=O)Nc4ccc(C)c(C)c4)c3n2)cc(OC)c1OC. The highest BCUT2D eigenvalue weighted by molar-refractivity contribution is 6.08. The second kappa shape index (κ2) is 9.40. The first kappa shape index (κ1) is 24.8. The second-order valence-corrected chi connectivity index (χ2v) is 7.99. The molecule has 2 aromatic heterocycles. The molecule has 0 aliphatic heterocycles. The van der Waals surface area contributed by atoms with Crippen molar-refractivity contribution in [1.29, 1.82) is 0 Å². The molecule has 36 heavy (non-hydrogen) atoms. The Bertz CT molecular complexity index is 1440. The summed E-state index contributed by atoms with van der Waals surface area (Å²) >= 11 is 0. The number of benzene rings is 2. The summed E-state index contributed by atoms with van der Waals surface area (Å²) in [6.07, 6.45) is -3.71. The summed E-state index contributed by atoms with van der Waals surface area (Å²) in [6.45, 7) is 3.82. The van der Waals surface area contributed by atoms with E-state index in [9.17, 15) is 18.0 Å². The number of carbonyl (C=O) groups excluding carboxylic acids is 1. The topological polar surface area (TPSA) is 87.0 Å². The van der Waals surface area contributed by atoms with Crippen LogP contribution in [-0.2, 0) is 6.18 Å². The maximum absolute atomic E-state index is 14.0. The number of nitrogens with zero attached hydrogens (tertiary/aromatic N) is 3. The van der Waals surface area contributed by atoms with Gasteiger partial charge in [-0.3, -0.25) is 4.79 Å². The summed E-state index contributed by atoms with van der Waals surface area (Å²) < 4.78 is 58.6. The number of aryl methyl sites for hydroxylation is 2. The number of ether oxygens (including phenoxy) is 3. The number of methoxy groups -OCH3 is 3. The van der Waals surface area contributed by atoms with Gasteiger partial charge in [0, 0.05) is 11.3 Å². The van der Waals surface area contributed by atoms with E-state index in [4.69, 9.17) is 14.2 Å². The predicted molar refractivity (Wildman–Crippen MR) is 127 cm³/mol. The highest BCUT2D eigenvalue weighted by atomic mass is 19.4. The highest BCUT2D eigenvalue weighted by Gasteiger charge is 2.36. The smallest absolute Gasteiger partial charge is 0.433 e. The molecular formula is C25H23F3N4O4. The van der Waals surface area contributed by atoms with Crippen LogP contribution in [0.1, 0.15) is 27.2 Å². The van der Waals surface area contributed by atoms with E-state index in [0.717, 1.165) is 23.4 Å². The number of hydrogen-bond acceptors (Lipinski definition) is 6. The van der Waals surface area contributed by atoms with Crippen LogP contribution in [0.15, 0.2) is 42.6 Å². The van der Waals surface area contributed by atoms with Gasteiger partial charge in [0.2, 0.25) is 5.75 Å². The van der Waals surface area contributed by atoms with Gasteiger partial charge in [0.15, 0.2) is 22.8 Å². The molecule has 11 heteroatoms. The Morgan fingerprint density at radius 2 is 1.61 bits per heavy atom. The first-order valence-corrected chi connectivity index (χ1v) is 10.7. The molecule has 0 saturated carbocycles. The van der Waals surface area contributed by atoms with Crippen molar-refractivity contribution in [2.75, 3.05) is 26.6 Å². The molecule has 0 fully saturated rings. The van der Waals surface area contributed by atoms with Crippen molar-refractivity contribution in [2.45, 2.75) is 20.0 Å². The number of fused-ring (bicyclic) bond motifs is 1. The van der Waals surface area contributed by atoms with Gasteiger partial charge in [-0.15, -0.1) is 0 Å². The molecule has 0 radical (unpaired) electrons. The van der Waals surface area contributed by atoms with Gasteiger partial charge in [0.25, 0.3) is 5.91 Å². The summed E-state index contributed by atoms with van der Waals surface area (Å²) in [7, 11) is 4.20. The number of aromatic nitrogens is 3. The van der Waals surface area contributed by atoms with Crippen LogP contribution in [0.25, 0.3) is 16.9 Å². The van der Waals surface area contributed by atoms with Crippen molar-refractivity contribution in [1.82, 2.24) is 14.6 Å². The molecule has 1 N–H and O–H groups in total. The van der Waals surface area contributed by atoms with Crippen LogP contribution in [0.4, 0.5) is 18.9 Å². The Balaban J connectivity index is 1.88. The van der Waals surface area contributed by atoms with Gasteiger partial charge in [-0.2, -0.15) is 18.3 Å². The minimum absolute atomic E-state index is 0.0604. The number of amides is 1. The molecule has 2 heterocycles. The molecule has 188 valence electrons. The lowest BCUT2D eigenvalue weighted by atomic mass is 10.1. The third-order valence-corrected chi connectivity index (χ3v) is 5.73. The van der Waals surface area contributed by atoms with E-state index in [1.807, 2.05) is 19.9 Å². The molecule has 4 rings (SSSR count). The Morgan fingerprint density at radius 1 is 0.944 bits per heavy atom. The first-order chi connectivity index (χ1) is 17.1. The van der Waals surface area contributed by atoms with E-state index in [1.165, 1.54) is 33.5 Å². The Morgan fingerprint density at radius 3 is 2.17 bits per heavy atom. The van der Waals surface area contributed by atoms with E-state index in [2.05, 4.69) is 15.4 Å². The maximum Gasteiger partial charge on any atom is 0.433 e. The first-order valence-electron chi connectivity index (χ1n) is 10.7. The quantitative estimate of drug-likeness (QED) is 0.386. The van der Waals surface area contributed by atoms with Crippen LogP contribution in [0.2, 0.25) is 0 Å². The fourth-order valence-electron chi connectivity index (χ4n) is 3.72. The van der Waals surface area contributed by atoms with Crippen molar-refractivity contribution in [3.05, 3.63) is 65.0 Å². The van der Waals surface area contributed by atoms with Crippen molar-refractivity contribution >= 4 is 17.2 Å². The zero-order valence-electron chi connectivity index (χ0n) is 20.1. The molecule has 0 atom stereocenters. The molecule has 0 aliphatic carbocycles. The number of anilines is 1. The third-order valence-electron chi connectivity index (χ3n) is 5.73. The zero-order chi connectivity index (χ0) is 26.2. The maximum atomic E-state index is 14.0. The number of alkyl halides is 3. The minimum atomic E-state index is -4.77.